The van der Waals surface area contributed by atoms with Gasteiger partial charge in [0.15, 0.2) is 0 Å². The predicted octanol–water partition coefficient (Wildman–Crippen LogP) is 3.32. The molecule has 1 aliphatic carbocycles. The fraction of sp³-hybridized carbons (Fsp3) is 0.294. The van der Waals surface area contributed by atoms with Gasteiger partial charge in [-0.05, 0) is 36.6 Å². The number of hydrogen-bond donors (Lipinski definition) is 0. The van der Waals surface area contributed by atoms with Crippen LogP contribution in [-0.2, 0) is 5.41 Å². The van der Waals surface area contributed by atoms with Crippen LogP contribution in [0.5, 0.6) is 11.5 Å². The monoisotopic (exact) mass is 280 g/mol. The Hall–Kier alpha value is -2.54. The molecular formula is C17H16N2O2. The lowest BCUT2D eigenvalue weighted by Crippen LogP contribution is -2.03. The maximum atomic E-state index is 9.22. The zero-order valence-electron chi connectivity index (χ0n) is 12.1. The molecule has 0 atom stereocenters. The second-order valence-corrected chi connectivity index (χ2v) is 5.19. The van der Waals surface area contributed by atoms with Gasteiger partial charge in [0.05, 0.1) is 31.4 Å². The molecule has 0 unspecified atom stereocenters. The summed E-state index contributed by atoms with van der Waals surface area (Å²) in [5, 5.41) is 9.22. The van der Waals surface area contributed by atoms with Gasteiger partial charge in [-0.25, -0.2) is 0 Å². The number of methoxy groups -OCH3 is 2. The van der Waals surface area contributed by atoms with Gasteiger partial charge in [-0.3, -0.25) is 4.98 Å². The Balaban J connectivity index is 1.96. The Labute approximate surface area is 124 Å². The summed E-state index contributed by atoms with van der Waals surface area (Å²) in [6, 6.07) is 12.0. The smallest absolute Gasteiger partial charge is 0.131 e. The Morgan fingerprint density at radius 1 is 1.14 bits per heavy atom. The van der Waals surface area contributed by atoms with E-state index in [1.54, 1.807) is 20.4 Å². The molecule has 2 aromatic rings. The van der Waals surface area contributed by atoms with Crippen molar-refractivity contribution in [1.82, 2.24) is 4.98 Å². The molecule has 0 saturated heterocycles. The minimum atomic E-state index is -0.296. The molecule has 1 heterocycles. The van der Waals surface area contributed by atoms with Gasteiger partial charge in [0.25, 0.3) is 0 Å². The fourth-order valence-corrected chi connectivity index (χ4v) is 2.44. The molecule has 4 nitrogen and oxygen atoms in total. The summed E-state index contributed by atoms with van der Waals surface area (Å²) >= 11 is 0. The molecular weight excluding hydrogens is 264 g/mol. The van der Waals surface area contributed by atoms with Crippen molar-refractivity contribution < 1.29 is 9.47 Å². The van der Waals surface area contributed by atoms with Crippen molar-refractivity contribution in [3.8, 4) is 28.8 Å². The van der Waals surface area contributed by atoms with E-state index in [0.29, 0.717) is 0 Å². The minimum Gasteiger partial charge on any atom is -0.497 e. The summed E-state index contributed by atoms with van der Waals surface area (Å²) in [7, 11) is 3.25. The van der Waals surface area contributed by atoms with Gasteiger partial charge >= 0.3 is 0 Å². The third-order valence-corrected chi connectivity index (χ3v) is 3.96. The van der Waals surface area contributed by atoms with Crippen molar-refractivity contribution in [2.75, 3.05) is 14.2 Å². The van der Waals surface area contributed by atoms with E-state index in [2.05, 4.69) is 11.1 Å². The first-order chi connectivity index (χ1) is 10.2. The van der Waals surface area contributed by atoms with Crippen LogP contribution in [0.15, 0.2) is 36.5 Å². The SMILES string of the molecule is COc1ccc(-c2ccc(C3(C#N)CC3)cn2)c(OC)c1. The van der Waals surface area contributed by atoms with Crippen LogP contribution in [0.1, 0.15) is 18.4 Å². The molecule has 1 saturated carbocycles. The van der Waals surface area contributed by atoms with Crippen molar-refractivity contribution in [3.63, 3.8) is 0 Å². The molecule has 0 bridgehead atoms. The lowest BCUT2D eigenvalue weighted by Gasteiger charge is -2.11. The van der Waals surface area contributed by atoms with E-state index in [1.165, 1.54) is 0 Å². The number of rotatable bonds is 4. The predicted molar refractivity (Wildman–Crippen MR) is 79.3 cm³/mol. The second-order valence-electron chi connectivity index (χ2n) is 5.19. The Bertz CT molecular complexity index is 698. The van der Waals surface area contributed by atoms with Crippen molar-refractivity contribution in [3.05, 3.63) is 42.1 Å². The van der Waals surface area contributed by atoms with E-state index < -0.39 is 0 Å². The lowest BCUT2D eigenvalue weighted by atomic mass is 9.99. The number of aromatic nitrogens is 1. The topological polar surface area (TPSA) is 55.1 Å². The number of benzene rings is 1. The molecule has 0 spiro atoms. The molecule has 21 heavy (non-hydrogen) atoms. The van der Waals surface area contributed by atoms with Crippen LogP contribution < -0.4 is 9.47 Å². The maximum Gasteiger partial charge on any atom is 0.131 e. The molecule has 0 radical (unpaired) electrons. The molecule has 1 aromatic carbocycles. The summed E-state index contributed by atoms with van der Waals surface area (Å²) in [6.45, 7) is 0. The first-order valence-corrected chi connectivity index (χ1v) is 6.82. The molecule has 3 rings (SSSR count). The second kappa shape index (κ2) is 5.10. The molecule has 0 amide bonds. The Morgan fingerprint density at radius 3 is 2.48 bits per heavy atom. The number of ether oxygens (including phenoxy) is 2. The third kappa shape index (κ3) is 2.31. The number of nitrogens with zero attached hydrogens (tertiary/aromatic N) is 2. The van der Waals surface area contributed by atoms with Crippen molar-refractivity contribution in [2.45, 2.75) is 18.3 Å². The highest BCUT2D eigenvalue weighted by Gasteiger charge is 2.45. The largest absolute Gasteiger partial charge is 0.497 e. The first kappa shape index (κ1) is 13.4. The molecule has 0 aliphatic heterocycles. The van der Waals surface area contributed by atoms with Gasteiger partial charge in [0.1, 0.15) is 11.5 Å². The normalized spacial score (nSPS) is 15.1. The Kier molecular flexibility index (Phi) is 3.26. The highest BCUT2D eigenvalue weighted by molar-refractivity contribution is 5.68. The first-order valence-electron chi connectivity index (χ1n) is 6.82. The third-order valence-electron chi connectivity index (χ3n) is 3.96. The molecule has 0 N–H and O–H groups in total. The summed E-state index contributed by atoms with van der Waals surface area (Å²) < 4.78 is 10.6. The van der Waals surface area contributed by atoms with E-state index in [-0.39, 0.29) is 5.41 Å². The van der Waals surface area contributed by atoms with Gasteiger partial charge in [-0.2, -0.15) is 5.26 Å². The van der Waals surface area contributed by atoms with Crippen LogP contribution in [0, 0.1) is 11.3 Å². The standard InChI is InChI=1S/C17H16N2O2/c1-20-13-4-5-14(16(9-13)21-2)15-6-3-12(10-19-15)17(11-18)7-8-17/h3-6,9-10H,7-8H2,1-2H3. The van der Waals surface area contributed by atoms with Crippen LogP contribution in [0.3, 0.4) is 0 Å². The van der Waals surface area contributed by atoms with E-state index in [0.717, 1.165) is 41.2 Å². The van der Waals surface area contributed by atoms with Gasteiger partial charge in [-0.15, -0.1) is 0 Å². The van der Waals surface area contributed by atoms with Crippen LogP contribution >= 0.6 is 0 Å². The zero-order valence-corrected chi connectivity index (χ0v) is 12.1. The van der Waals surface area contributed by atoms with Gasteiger partial charge in [0.2, 0.25) is 0 Å². The molecule has 1 aromatic heterocycles. The van der Waals surface area contributed by atoms with Crippen LogP contribution in [-0.4, -0.2) is 19.2 Å². The zero-order chi connectivity index (χ0) is 14.9. The van der Waals surface area contributed by atoms with E-state index in [1.807, 2.05) is 30.3 Å². The highest BCUT2D eigenvalue weighted by atomic mass is 16.5. The average molecular weight is 280 g/mol. The van der Waals surface area contributed by atoms with Crippen LogP contribution in [0.2, 0.25) is 0 Å². The van der Waals surface area contributed by atoms with Crippen LogP contribution in [0.4, 0.5) is 0 Å². The number of pyridine rings is 1. The molecule has 106 valence electrons. The fourth-order valence-electron chi connectivity index (χ4n) is 2.44. The summed E-state index contributed by atoms with van der Waals surface area (Å²) in [5.74, 6) is 1.46. The lowest BCUT2D eigenvalue weighted by molar-refractivity contribution is 0.395. The summed E-state index contributed by atoms with van der Waals surface area (Å²) in [4.78, 5) is 4.50. The van der Waals surface area contributed by atoms with Gasteiger partial charge in [-0.1, -0.05) is 6.07 Å². The quantitative estimate of drug-likeness (QED) is 0.862. The van der Waals surface area contributed by atoms with Crippen molar-refractivity contribution >= 4 is 0 Å². The minimum absolute atomic E-state index is 0.296. The van der Waals surface area contributed by atoms with Gasteiger partial charge < -0.3 is 9.47 Å². The Morgan fingerprint density at radius 2 is 1.95 bits per heavy atom. The van der Waals surface area contributed by atoms with Gasteiger partial charge in [0, 0.05) is 17.8 Å². The summed E-state index contributed by atoms with van der Waals surface area (Å²) in [5.41, 5.74) is 2.44. The average Bonchev–Trinajstić information content (AvgIpc) is 3.35. The molecule has 1 aliphatic rings. The maximum absolute atomic E-state index is 9.22. The van der Waals surface area contributed by atoms with Crippen LogP contribution in [0.25, 0.3) is 11.3 Å². The highest BCUT2D eigenvalue weighted by Crippen LogP contribution is 2.47. The van der Waals surface area contributed by atoms with E-state index >= 15 is 0 Å². The summed E-state index contributed by atoms with van der Waals surface area (Å²) in [6.07, 6.45) is 3.65. The van der Waals surface area contributed by atoms with E-state index in [4.69, 9.17) is 9.47 Å². The van der Waals surface area contributed by atoms with Crippen molar-refractivity contribution in [1.29, 1.82) is 5.26 Å². The molecule has 1 fully saturated rings. The van der Waals surface area contributed by atoms with Crippen molar-refractivity contribution in [2.24, 2.45) is 0 Å². The molecule has 4 heteroatoms. The number of hydrogen-bond acceptors (Lipinski definition) is 4. The number of nitriles is 1. The van der Waals surface area contributed by atoms with E-state index in [9.17, 15) is 5.26 Å².